The number of carbonyl (C=O) groups excluding carboxylic acids is 2. The van der Waals surface area contributed by atoms with Gasteiger partial charge in [0.05, 0.1) is 15.9 Å². The summed E-state index contributed by atoms with van der Waals surface area (Å²) in [6.07, 6.45) is 0. The van der Waals surface area contributed by atoms with Crippen LogP contribution in [0.15, 0.2) is 72.8 Å². The van der Waals surface area contributed by atoms with E-state index in [1.54, 1.807) is 36.4 Å². The summed E-state index contributed by atoms with van der Waals surface area (Å²) in [6, 6.07) is 17.5. The zero-order chi connectivity index (χ0) is 21.7. The van der Waals surface area contributed by atoms with Gasteiger partial charge < -0.3 is 10.6 Å². The van der Waals surface area contributed by atoms with Crippen molar-refractivity contribution in [1.29, 1.82) is 0 Å². The Balaban J connectivity index is 1.81. The van der Waals surface area contributed by atoms with E-state index in [1.807, 2.05) is 6.07 Å². The lowest BCUT2D eigenvalue weighted by molar-refractivity contribution is -0.394. The summed E-state index contributed by atoms with van der Waals surface area (Å²) in [5.41, 5.74) is -0.455. The first-order valence-electron chi connectivity index (χ1n) is 8.56. The lowest BCUT2D eigenvalue weighted by Gasteiger charge is -2.09. The van der Waals surface area contributed by atoms with E-state index in [-0.39, 0.29) is 16.8 Å². The molecule has 10 nitrogen and oxygen atoms in total. The maximum atomic E-state index is 12.5. The van der Waals surface area contributed by atoms with Crippen LogP contribution in [0.3, 0.4) is 0 Å². The molecular formula is C20H14N4O6. The molecule has 0 aliphatic carbocycles. The highest BCUT2D eigenvalue weighted by molar-refractivity contribution is 6.09. The molecule has 0 atom stereocenters. The van der Waals surface area contributed by atoms with E-state index in [9.17, 15) is 29.8 Å². The number of amides is 2. The number of nitrogens with one attached hydrogen (secondary N) is 2. The van der Waals surface area contributed by atoms with Crippen LogP contribution in [-0.4, -0.2) is 21.7 Å². The Morgan fingerprint density at radius 3 is 2.03 bits per heavy atom. The molecule has 0 spiro atoms. The first-order chi connectivity index (χ1) is 14.3. The molecule has 3 rings (SSSR count). The van der Waals surface area contributed by atoms with Gasteiger partial charge in [-0.05, 0) is 36.4 Å². The average molecular weight is 406 g/mol. The second-order valence-corrected chi connectivity index (χ2v) is 6.07. The van der Waals surface area contributed by atoms with Crippen LogP contribution in [0.5, 0.6) is 0 Å². The lowest BCUT2D eigenvalue weighted by Crippen LogP contribution is -2.16. The second kappa shape index (κ2) is 8.61. The van der Waals surface area contributed by atoms with Crippen molar-refractivity contribution >= 4 is 34.6 Å². The highest BCUT2D eigenvalue weighted by Gasteiger charge is 2.24. The van der Waals surface area contributed by atoms with Crippen LogP contribution < -0.4 is 10.6 Å². The molecule has 3 aromatic rings. The van der Waals surface area contributed by atoms with E-state index in [0.29, 0.717) is 5.69 Å². The van der Waals surface area contributed by atoms with E-state index in [1.165, 1.54) is 12.1 Å². The van der Waals surface area contributed by atoms with E-state index >= 15 is 0 Å². The third kappa shape index (κ3) is 4.62. The molecular weight excluding hydrogens is 392 g/mol. The Morgan fingerprint density at radius 1 is 0.700 bits per heavy atom. The number of nitrogens with zero attached hydrogens (tertiary/aromatic N) is 2. The minimum absolute atomic E-state index is 0.230. The predicted molar refractivity (Wildman–Crippen MR) is 109 cm³/mol. The Bertz CT molecular complexity index is 1150. The fourth-order valence-corrected chi connectivity index (χ4v) is 2.64. The van der Waals surface area contributed by atoms with Crippen molar-refractivity contribution in [3.63, 3.8) is 0 Å². The van der Waals surface area contributed by atoms with Crippen molar-refractivity contribution < 1.29 is 19.4 Å². The second-order valence-electron chi connectivity index (χ2n) is 6.07. The molecule has 0 aliphatic rings. The summed E-state index contributed by atoms with van der Waals surface area (Å²) >= 11 is 0. The fourth-order valence-electron chi connectivity index (χ4n) is 2.64. The van der Waals surface area contributed by atoms with Crippen LogP contribution in [-0.2, 0) is 0 Å². The standard InChI is InChI=1S/C20H14N4O6/c25-19(21-14-6-2-1-3-7-14)13-5-4-8-15(11-13)22-20(26)17-10-9-16(23(27)28)12-18(17)24(29)30/h1-12H,(H,21,25)(H,22,26). The molecule has 0 radical (unpaired) electrons. The fraction of sp³-hybridized carbons (Fsp3) is 0. The minimum atomic E-state index is -0.869. The molecule has 0 saturated carbocycles. The molecule has 0 saturated heterocycles. The summed E-state index contributed by atoms with van der Waals surface area (Å²) in [5.74, 6) is -1.24. The third-order valence-electron chi connectivity index (χ3n) is 4.05. The smallest absolute Gasteiger partial charge is 0.289 e. The summed E-state index contributed by atoms with van der Waals surface area (Å²) in [7, 11) is 0. The zero-order valence-electron chi connectivity index (χ0n) is 15.3. The first kappa shape index (κ1) is 20.1. The number of anilines is 2. The van der Waals surface area contributed by atoms with Crippen LogP contribution in [0.25, 0.3) is 0 Å². The van der Waals surface area contributed by atoms with Crippen molar-refractivity contribution in [3.8, 4) is 0 Å². The summed E-state index contributed by atoms with van der Waals surface area (Å²) in [5, 5.41) is 27.2. The largest absolute Gasteiger partial charge is 0.322 e. The van der Waals surface area contributed by atoms with Crippen LogP contribution in [0.2, 0.25) is 0 Å². The van der Waals surface area contributed by atoms with Crippen molar-refractivity contribution in [1.82, 2.24) is 0 Å². The third-order valence-corrected chi connectivity index (χ3v) is 4.05. The molecule has 10 heteroatoms. The molecule has 0 fully saturated rings. The molecule has 0 aromatic heterocycles. The summed E-state index contributed by atoms with van der Waals surface area (Å²) < 4.78 is 0. The number of nitro groups is 2. The topological polar surface area (TPSA) is 144 Å². The number of benzene rings is 3. The maximum Gasteiger partial charge on any atom is 0.289 e. The molecule has 150 valence electrons. The number of rotatable bonds is 6. The zero-order valence-corrected chi connectivity index (χ0v) is 15.3. The monoisotopic (exact) mass is 406 g/mol. The van der Waals surface area contributed by atoms with E-state index in [0.717, 1.165) is 18.2 Å². The number of para-hydroxylation sites is 1. The van der Waals surface area contributed by atoms with Gasteiger partial charge in [-0.3, -0.25) is 29.8 Å². The molecule has 0 unspecified atom stereocenters. The molecule has 3 aromatic carbocycles. The predicted octanol–water partition coefficient (Wildman–Crippen LogP) is 4.01. The SMILES string of the molecule is O=C(Nc1ccccc1)c1cccc(NC(=O)c2ccc([N+](=O)[O-])cc2[N+](=O)[O-])c1. The number of hydrogen-bond acceptors (Lipinski definition) is 6. The Kier molecular flexibility index (Phi) is 5.78. The van der Waals surface area contributed by atoms with Gasteiger partial charge in [0.15, 0.2) is 0 Å². The van der Waals surface area contributed by atoms with Crippen molar-refractivity contribution in [2.45, 2.75) is 0 Å². The van der Waals surface area contributed by atoms with Gasteiger partial charge in [0.2, 0.25) is 0 Å². The van der Waals surface area contributed by atoms with E-state index in [4.69, 9.17) is 0 Å². The molecule has 0 aliphatic heterocycles. The lowest BCUT2D eigenvalue weighted by atomic mass is 10.1. The first-order valence-corrected chi connectivity index (χ1v) is 8.56. The van der Waals surface area contributed by atoms with Crippen molar-refractivity contribution in [2.24, 2.45) is 0 Å². The van der Waals surface area contributed by atoms with Crippen LogP contribution >= 0.6 is 0 Å². The normalized spacial score (nSPS) is 10.1. The molecule has 0 heterocycles. The van der Waals surface area contributed by atoms with E-state index in [2.05, 4.69) is 10.6 Å². The van der Waals surface area contributed by atoms with Gasteiger partial charge in [-0.2, -0.15) is 0 Å². The van der Waals surface area contributed by atoms with Gasteiger partial charge in [-0.25, -0.2) is 0 Å². The van der Waals surface area contributed by atoms with Gasteiger partial charge in [0, 0.05) is 23.0 Å². The summed E-state index contributed by atoms with van der Waals surface area (Å²) in [6.45, 7) is 0. The Labute approximate surface area is 169 Å². The van der Waals surface area contributed by atoms with Crippen LogP contribution in [0, 0.1) is 20.2 Å². The average Bonchev–Trinajstić information content (AvgIpc) is 2.74. The number of hydrogen-bond donors (Lipinski definition) is 2. The van der Waals surface area contributed by atoms with Gasteiger partial charge in [-0.15, -0.1) is 0 Å². The molecule has 2 amide bonds. The van der Waals surface area contributed by atoms with E-state index < -0.39 is 33.0 Å². The van der Waals surface area contributed by atoms with Gasteiger partial charge in [0.25, 0.3) is 23.2 Å². The molecule has 30 heavy (non-hydrogen) atoms. The van der Waals surface area contributed by atoms with Gasteiger partial charge >= 0.3 is 0 Å². The highest BCUT2D eigenvalue weighted by atomic mass is 16.6. The number of non-ortho nitro benzene ring substituents is 1. The maximum absolute atomic E-state index is 12.5. The quantitative estimate of drug-likeness (QED) is 0.467. The molecule has 2 N–H and O–H groups in total. The number of carbonyl (C=O) groups is 2. The number of nitro benzene ring substituents is 2. The molecule has 0 bridgehead atoms. The van der Waals surface area contributed by atoms with Crippen LogP contribution in [0.4, 0.5) is 22.7 Å². The van der Waals surface area contributed by atoms with Crippen molar-refractivity contribution in [2.75, 3.05) is 10.6 Å². The Hall–Kier alpha value is -4.60. The van der Waals surface area contributed by atoms with Gasteiger partial charge in [-0.1, -0.05) is 24.3 Å². The van der Waals surface area contributed by atoms with Crippen LogP contribution in [0.1, 0.15) is 20.7 Å². The highest BCUT2D eigenvalue weighted by Crippen LogP contribution is 2.25. The summed E-state index contributed by atoms with van der Waals surface area (Å²) in [4.78, 5) is 45.3. The van der Waals surface area contributed by atoms with Gasteiger partial charge in [0.1, 0.15) is 5.56 Å². The minimum Gasteiger partial charge on any atom is -0.322 e. The van der Waals surface area contributed by atoms with Crippen molar-refractivity contribution in [3.05, 3.63) is 104 Å². The Morgan fingerprint density at radius 2 is 1.37 bits per heavy atom.